The van der Waals surface area contributed by atoms with Gasteiger partial charge < -0.3 is 13.9 Å². The SMILES string of the molecule is Cn1cccc2c(B3OC(C)(C)C(C)(C)O3)cnc1-2. The predicted octanol–water partition coefficient (Wildman–Crippen LogP) is 1.82. The molecular formula is C14H19BN2O2. The van der Waals surface area contributed by atoms with Crippen molar-refractivity contribution in [3.05, 3.63) is 24.5 Å². The molecule has 0 aromatic carbocycles. The average Bonchev–Trinajstić information content (AvgIpc) is 2.80. The minimum Gasteiger partial charge on any atom is -0.399 e. The van der Waals surface area contributed by atoms with Crippen LogP contribution in [0.5, 0.6) is 0 Å². The van der Waals surface area contributed by atoms with Crippen LogP contribution in [0.2, 0.25) is 0 Å². The van der Waals surface area contributed by atoms with Crippen LogP contribution in [0.4, 0.5) is 0 Å². The van der Waals surface area contributed by atoms with E-state index in [1.807, 2.05) is 30.1 Å². The van der Waals surface area contributed by atoms with Crippen LogP contribution in [0, 0.1) is 0 Å². The molecular weight excluding hydrogens is 239 g/mol. The van der Waals surface area contributed by atoms with Gasteiger partial charge in [0.05, 0.1) is 11.2 Å². The lowest BCUT2D eigenvalue weighted by molar-refractivity contribution is 0.00578. The van der Waals surface area contributed by atoms with Crippen LogP contribution in [0.25, 0.3) is 11.4 Å². The molecule has 3 heterocycles. The number of nitrogens with zero attached hydrogens (tertiary/aromatic N) is 2. The molecule has 1 fully saturated rings. The maximum atomic E-state index is 6.08. The number of aromatic nitrogens is 2. The van der Waals surface area contributed by atoms with Gasteiger partial charge in [0.25, 0.3) is 0 Å². The van der Waals surface area contributed by atoms with E-state index < -0.39 is 0 Å². The van der Waals surface area contributed by atoms with Gasteiger partial charge in [0.15, 0.2) is 0 Å². The Bertz CT molecular complexity index is 575. The molecule has 100 valence electrons. The Morgan fingerprint density at radius 1 is 1.16 bits per heavy atom. The zero-order chi connectivity index (χ0) is 13.8. The molecule has 0 atom stereocenters. The summed E-state index contributed by atoms with van der Waals surface area (Å²) in [6.45, 7) is 8.24. The Labute approximate surface area is 114 Å². The lowest BCUT2D eigenvalue weighted by atomic mass is 9.78. The summed E-state index contributed by atoms with van der Waals surface area (Å²) in [5.41, 5.74) is 1.45. The molecule has 0 spiro atoms. The molecule has 0 aromatic heterocycles. The molecule has 4 nitrogen and oxygen atoms in total. The van der Waals surface area contributed by atoms with Crippen LogP contribution in [-0.2, 0) is 16.4 Å². The number of fused-ring (bicyclic) bond motifs is 1. The summed E-state index contributed by atoms with van der Waals surface area (Å²) >= 11 is 0. The van der Waals surface area contributed by atoms with Crippen molar-refractivity contribution < 1.29 is 9.31 Å². The van der Waals surface area contributed by atoms with Crippen LogP contribution in [0.3, 0.4) is 0 Å². The molecule has 0 aliphatic carbocycles. The highest BCUT2D eigenvalue weighted by atomic mass is 16.7. The van der Waals surface area contributed by atoms with E-state index in [0.29, 0.717) is 0 Å². The first-order valence-electron chi connectivity index (χ1n) is 6.57. The topological polar surface area (TPSA) is 36.3 Å². The maximum absolute atomic E-state index is 6.08. The van der Waals surface area contributed by atoms with Crippen molar-refractivity contribution in [1.82, 2.24) is 9.55 Å². The van der Waals surface area contributed by atoms with Crippen LogP contribution >= 0.6 is 0 Å². The van der Waals surface area contributed by atoms with E-state index in [-0.39, 0.29) is 18.3 Å². The third-order valence-electron chi connectivity index (χ3n) is 4.29. The van der Waals surface area contributed by atoms with Crippen LogP contribution in [-0.4, -0.2) is 27.9 Å². The molecule has 0 bridgehead atoms. The summed E-state index contributed by atoms with van der Waals surface area (Å²) in [7, 11) is 1.64. The Kier molecular flexibility index (Phi) is 2.56. The van der Waals surface area contributed by atoms with Crippen molar-refractivity contribution >= 4 is 12.6 Å². The number of rotatable bonds is 1. The summed E-state index contributed by atoms with van der Waals surface area (Å²) < 4.78 is 14.2. The number of aryl methyl sites for hydroxylation is 1. The van der Waals surface area contributed by atoms with E-state index in [9.17, 15) is 0 Å². The van der Waals surface area contributed by atoms with Gasteiger partial charge in [0.1, 0.15) is 5.82 Å². The monoisotopic (exact) mass is 258 g/mol. The van der Waals surface area contributed by atoms with E-state index in [4.69, 9.17) is 9.31 Å². The summed E-state index contributed by atoms with van der Waals surface area (Å²) in [5, 5.41) is 0. The second-order valence-corrected chi connectivity index (χ2v) is 6.16. The van der Waals surface area contributed by atoms with E-state index in [1.54, 1.807) is 0 Å². The van der Waals surface area contributed by atoms with Crippen molar-refractivity contribution in [1.29, 1.82) is 0 Å². The Morgan fingerprint density at radius 2 is 1.79 bits per heavy atom. The van der Waals surface area contributed by atoms with Crippen molar-refractivity contribution in [3.63, 3.8) is 0 Å². The fourth-order valence-corrected chi connectivity index (χ4v) is 2.35. The van der Waals surface area contributed by atoms with Crippen LogP contribution in [0.15, 0.2) is 24.5 Å². The third-order valence-corrected chi connectivity index (χ3v) is 4.29. The van der Waals surface area contributed by atoms with Gasteiger partial charge in [-0.1, -0.05) is 6.07 Å². The van der Waals surface area contributed by atoms with Crippen molar-refractivity contribution in [2.24, 2.45) is 7.05 Å². The van der Waals surface area contributed by atoms with Gasteiger partial charge in [0, 0.05) is 30.5 Å². The lowest BCUT2D eigenvalue weighted by Crippen LogP contribution is -2.41. The van der Waals surface area contributed by atoms with E-state index >= 15 is 0 Å². The fraction of sp³-hybridized carbons (Fsp3) is 0.500. The summed E-state index contributed by atoms with van der Waals surface area (Å²) in [4.78, 5) is 4.46. The zero-order valence-electron chi connectivity index (χ0n) is 12.1. The second-order valence-electron chi connectivity index (χ2n) is 6.16. The molecule has 5 heteroatoms. The minimum atomic E-state index is -0.350. The van der Waals surface area contributed by atoms with Crippen LogP contribution in [0.1, 0.15) is 27.7 Å². The number of hydrogen-bond donors (Lipinski definition) is 0. The van der Waals surface area contributed by atoms with Crippen molar-refractivity contribution in [3.8, 4) is 11.4 Å². The molecule has 3 aliphatic heterocycles. The summed E-state index contributed by atoms with van der Waals surface area (Å²) in [6.07, 6.45) is 3.84. The van der Waals surface area contributed by atoms with E-state index in [0.717, 1.165) is 16.9 Å². The first kappa shape index (κ1) is 12.7. The zero-order valence-corrected chi connectivity index (χ0v) is 12.1. The molecule has 19 heavy (non-hydrogen) atoms. The van der Waals surface area contributed by atoms with Gasteiger partial charge >= 0.3 is 7.12 Å². The summed E-state index contributed by atoms with van der Waals surface area (Å²) in [6, 6.07) is 4.07. The van der Waals surface area contributed by atoms with E-state index in [2.05, 4.69) is 38.7 Å². The number of pyridine rings is 1. The molecule has 3 aliphatic rings. The van der Waals surface area contributed by atoms with Gasteiger partial charge in [-0.05, 0) is 33.8 Å². The maximum Gasteiger partial charge on any atom is 0.497 e. The van der Waals surface area contributed by atoms with Crippen molar-refractivity contribution in [2.75, 3.05) is 0 Å². The largest absolute Gasteiger partial charge is 0.497 e. The summed E-state index contributed by atoms with van der Waals surface area (Å²) in [5.74, 6) is 0.951. The molecule has 0 aromatic rings. The Hall–Kier alpha value is -1.33. The quantitative estimate of drug-likeness (QED) is 0.732. The van der Waals surface area contributed by atoms with Gasteiger partial charge in [-0.15, -0.1) is 0 Å². The highest BCUT2D eigenvalue weighted by Crippen LogP contribution is 2.37. The highest BCUT2D eigenvalue weighted by Gasteiger charge is 2.52. The fourth-order valence-electron chi connectivity index (χ4n) is 2.35. The smallest absolute Gasteiger partial charge is 0.399 e. The molecule has 1 saturated heterocycles. The Morgan fingerprint density at radius 3 is 2.42 bits per heavy atom. The Balaban J connectivity index is 2.01. The van der Waals surface area contributed by atoms with Gasteiger partial charge in [-0.3, -0.25) is 0 Å². The third kappa shape index (κ3) is 1.80. The first-order valence-corrected chi connectivity index (χ1v) is 6.57. The normalized spacial score (nSPS) is 21.2. The van der Waals surface area contributed by atoms with Crippen LogP contribution < -0.4 is 5.46 Å². The standard InChI is InChI=1S/C14H19BN2O2/c1-13(2)14(3,4)19-15(18-13)11-9-16-12-10(11)7-6-8-17(12)5/h6-9H,1-5H3. The first-order chi connectivity index (χ1) is 8.82. The molecule has 0 N–H and O–H groups in total. The molecule has 0 radical (unpaired) electrons. The van der Waals surface area contributed by atoms with Gasteiger partial charge in [0.2, 0.25) is 0 Å². The van der Waals surface area contributed by atoms with Gasteiger partial charge in [-0.2, -0.15) is 0 Å². The average molecular weight is 258 g/mol. The highest BCUT2D eigenvalue weighted by molar-refractivity contribution is 6.63. The van der Waals surface area contributed by atoms with E-state index in [1.165, 1.54) is 0 Å². The molecule has 0 unspecified atom stereocenters. The lowest BCUT2D eigenvalue weighted by Gasteiger charge is -2.32. The molecule has 0 saturated carbocycles. The van der Waals surface area contributed by atoms with Crippen molar-refractivity contribution in [2.45, 2.75) is 38.9 Å². The minimum absolute atomic E-state index is 0.321. The second kappa shape index (κ2) is 3.84. The number of hydrogen-bond acceptors (Lipinski definition) is 3. The molecule has 3 rings (SSSR count). The van der Waals surface area contributed by atoms with Gasteiger partial charge in [-0.25, -0.2) is 4.98 Å². The molecule has 0 amide bonds. The predicted molar refractivity (Wildman–Crippen MR) is 75.5 cm³/mol.